The average molecular weight is 485 g/mol. The molecule has 0 fully saturated rings. The SMILES string of the molecule is [C-]#[N+]c1cc(C2ON=C(c3cccc4c3CCC4NCCS(=O)(=O)NC)O2)ccc1OC(C)C. The van der Waals surface area contributed by atoms with E-state index in [-0.39, 0.29) is 17.9 Å². The predicted octanol–water partition coefficient (Wildman–Crippen LogP) is 3.56. The van der Waals surface area contributed by atoms with Gasteiger partial charge in [0, 0.05) is 23.7 Å². The fraction of sp³-hybridized carbons (Fsp3) is 0.417. The van der Waals surface area contributed by atoms with Gasteiger partial charge in [0.05, 0.1) is 18.4 Å². The van der Waals surface area contributed by atoms with Gasteiger partial charge in [-0.05, 0) is 68.2 Å². The van der Waals surface area contributed by atoms with Crippen LogP contribution in [0.3, 0.4) is 0 Å². The molecule has 0 amide bonds. The van der Waals surface area contributed by atoms with Crippen LogP contribution in [-0.2, 0) is 26.0 Å². The molecule has 2 aromatic carbocycles. The van der Waals surface area contributed by atoms with Crippen LogP contribution in [0.1, 0.15) is 54.9 Å². The summed E-state index contributed by atoms with van der Waals surface area (Å²) in [6.45, 7) is 11.6. The van der Waals surface area contributed by atoms with Crippen molar-refractivity contribution in [3.05, 3.63) is 70.1 Å². The number of nitrogens with zero attached hydrogens (tertiary/aromatic N) is 2. The number of oxime groups is 1. The molecule has 1 aliphatic carbocycles. The summed E-state index contributed by atoms with van der Waals surface area (Å²) in [5.74, 6) is 0.940. The monoisotopic (exact) mass is 484 g/mol. The molecule has 34 heavy (non-hydrogen) atoms. The van der Waals surface area contributed by atoms with E-state index in [1.54, 1.807) is 12.1 Å². The van der Waals surface area contributed by atoms with E-state index in [9.17, 15) is 8.42 Å². The van der Waals surface area contributed by atoms with Crippen LogP contribution in [0.4, 0.5) is 5.69 Å². The highest BCUT2D eigenvalue weighted by molar-refractivity contribution is 7.89. The van der Waals surface area contributed by atoms with E-state index < -0.39 is 16.3 Å². The molecule has 10 heteroatoms. The van der Waals surface area contributed by atoms with Crippen LogP contribution < -0.4 is 14.8 Å². The zero-order valence-corrected chi connectivity index (χ0v) is 20.2. The lowest BCUT2D eigenvalue weighted by atomic mass is 10.0. The quantitative estimate of drug-likeness (QED) is 0.528. The summed E-state index contributed by atoms with van der Waals surface area (Å²) < 4.78 is 37.4. The first-order valence-corrected chi connectivity index (χ1v) is 12.8. The topological polar surface area (TPSA) is 103 Å². The van der Waals surface area contributed by atoms with E-state index in [1.807, 2.05) is 38.1 Å². The second kappa shape index (κ2) is 10.0. The minimum absolute atomic E-state index is 0.0218. The number of rotatable bonds is 9. The maximum Gasteiger partial charge on any atom is 0.292 e. The maximum absolute atomic E-state index is 11.7. The van der Waals surface area contributed by atoms with Crippen molar-refractivity contribution in [1.82, 2.24) is 10.0 Å². The lowest BCUT2D eigenvalue weighted by Gasteiger charge is -2.16. The van der Waals surface area contributed by atoms with Crippen LogP contribution in [0, 0.1) is 6.57 Å². The smallest absolute Gasteiger partial charge is 0.292 e. The zero-order chi connectivity index (χ0) is 24.3. The van der Waals surface area contributed by atoms with Gasteiger partial charge in [0.25, 0.3) is 12.2 Å². The number of benzene rings is 2. The van der Waals surface area contributed by atoms with Gasteiger partial charge in [0.1, 0.15) is 5.75 Å². The molecule has 1 aliphatic heterocycles. The Bertz CT molecular complexity index is 1240. The molecular weight excluding hydrogens is 456 g/mol. The molecule has 0 saturated heterocycles. The first kappa shape index (κ1) is 24.0. The summed E-state index contributed by atoms with van der Waals surface area (Å²) in [7, 11) is -1.83. The molecule has 2 N–H and O–H groups in total. The Kier molecular flexibility index (Phi) is 7.07. The first-order valence-electron chi connectivity index (χ1n) is 11.2. The number of hydrogen-bond donors (Lipinski definition) is 2. The van der Waals surface area contributed by atoms with Crippen LogP contribution in [0.25, 0.3) is 4.85 Å². The normalized spacial score (nSPS) is 19.2. The maximum atomic E-state index is 11.7. The summed E-state index contributed by atoms with van der Waals surface area (Å²) >= 11 is 0. The molecule has 9 nitrogen and oxygen atoms in total. The van der Waals surface area contributed by atoms with Gasteiger partial charge in [-0.15, -0.1) is 0 Å². The van der Waals surface area contributed by atoms with E-state index in [0.29, 0.717) is 29.4 Å². The molecule has 0 bridgehead atoms. The van der Waals surface area contributed by atoms with Crippen molar-refractivity contribution in [2.45, 2.75) is 45.1 Å². The molecular formula is C24H28N4O5S. The summed E-state index contributed by atoms with van der Waals surface area (Å²) in [5.41, 5.74) is 4.15. The highest BCUT2D eigenvalue weighted by atomic mass is 32.2. The molecule has 1 heterocycles. The average Bonchev–Trinajstić information content (AvgIpc) is 3.47. The molecule has 0 spiro atoms. The number of ether oxygens (including phenoxy) is 2. The van der Waals surface area contributed by atoms with Gasteiger partial charge in [-0.1, -0.05) is 18.2 Å². The Hall–Kier alpha value is -3.13. The second-order valence-corrected chi connectivity index (χ2v) is 10.4. The van der Waals surface area contributed by atoms with Crippen LogP contribution >= 0.6 is 0 Å². The van der Waals surface area contributed by atoms with E-state index in [2.05, 4.69) is 20.0 Å². The van der Waals surface area contributed by atoms with E-state index in [0.717, 1.165) is 29.5 Å². The zero-order valence-electron chi connectivity index (χ0n) is 19.4. The molecule has 0 saturated carbocycles. The van der Waals surface area contributed by atoms with Gasteiger partial charge in [-0.3, -0.25) is 0 Å². The number of fused-ring (bicyclic) bond motifs is 1. The van der Waals surface area contributed by atoms with Crippen molar-refractivity contribution in [2.24, 2.45) is 5.16 Å². The van der Waals surface area contributed by atoms with Crippen molar-refractivity contribution >= 4 is 21.6 Å². The third-order valence-electron chi connectivity index (χ3n) is 5.76. The summed E-state index contributed by atoms with van der Waals surface area (Å²) in [4.78, 5) is 9.12. The minimum atomic E-state index is -3.25. The van der Waals surface area contributed by atoms with Crippen molar-refractivity contribution in [1.29, 1.82) is 0 Å². The molecule has 2 aliphatic rings. The highest BCUT2D eigenvalue weighted by Crippen LogP contribution is 2.38. The number of hydrogen-bond acceptors (Lipinski definition) is 7. The van der Waals surface area contributed by atoms with Gasteiger partial charge < -0.3 is 19.6 Å². The predicted molar refractivity (Wildman–Crippen MR) is 128 cm³/mol. The van der Waals surface area contributed by atoms with Crippen molar-refractivity contribution in [3.8, 4) is 5.75 Å². The van der Waals surface area contributed by atoms with Crippen molar-refractivity contribution in [3.63, 3.8) is 0 Å². The van der Waals surface area contributed by atoms with Gasteiger partial charge in [0.15, 0.2) is 0 Å². The molecule has 0 radical (unpaired) electrons. The third kappa shape index (κ3) is 5.17. The van der Waals surface area contributed by atoms with Crippen molar-refractivity contribution < 1.29 is 22.7 Å². The van der Waals surface area contributed by atoms with Gasteiger partial charge in [-0.25, -0.2) is 18.0 Å². The van der Waals surface area contributed by atoms with Crippen molar-refractivity contribution in [2.75, 3.05) is 19.3 Å². The highest BCUT2D eigenvalue weighted by Gasteiger charge is 2.31. The Morgan fingerprint density at radius 3 is 2.85 bits per heavy atom. The standard InChI is InChI=1S/C24H28N4O5S/c1-15(2)31-22-11-8-16(14-21(22)25-3)24-32-23(28-33-24)19-7-5-6-18-17(19)9-10-20(18)27-12-13-34(29,30)26-4/h5-8,11,14-15,20,24,26-27H,9-10,12-13H2,1-2,4H3. The Morgan fingerprint density at radius 2 is 2.12 bits per heavy atom. The van der Waals surface area contributed by atoms with Crippen LogP contribution in [0.15, 0.2) is 41.6 Å². The Morgan fingerprint density at radius 1 is 1.29 bits per heavy atom. The summed E-state index contributed by atoms with van der Waals surface area (Å²) in [6, 6.07) is 11.2. The molecule has 0 aromatic heterocycles. The van der Waals surface area contributed by atoms with E-state index in [4.69, 9.17) is 20.9 Å². The van der Waals surface area contributed by atoms with E-state index >= 15 is 0 Å². The third-order valence-corrected chi connectivity index (χ3v) is 7.13. The fourth-order valence-electron chi connectivity index (χ4n) is 4.14. The number of sulfonamides is 1. The fourth-order valence-corrected chi connectivity index (χ4v) is 4.73. The number of nitrogens with one attached hydrogen (secondary N) is 2. The first-order chi connectivity index (χ1) is 16.3. The van der Waals surface area contributed by atoms with E-state index in [1.165, 1.54) is 7.05 Å². The molecule has 4 rings (SSSR count). The van der Waals surface area contributed by atoms with Gasteiger partial charge >= 0.3 is 0 Å². The minimum Gasteiger partial charge on any atom is -0.502 e. The van der Waals surface area contributed by atoms with Crippen LogP contribution in [0.2, 0.25) is 0 Å². The largest absolute Gasteiger partial charge is 0.502 e. The molecule has 2 atom stereocenters. The van der Waals surface area contributed by atoms with Gasteiger partial charge in [0.2, 0.25) is 15.7 Å². The lowest BCUT2D eigenvalue weighted by Crippen LogP contribution is -2.31. The van der Waals surface area contributed by atoms with Crippen LogP contribution in [0.5, 0.6) is 5.75 Å². The summed E-state index contributed by atoms with van der Waals surface area (Å²) in [5, 5.41) is 7.52. The Balaban J connectivity index is 1.46. The molecule has 2 aromatic rings. The Labute approximate surface area is 200 Å². The molecule has 180 valence electrons. The summed E-state index contributed by atoms with van der Waals surface area (Å²) in [6.07, 6.45) is 0.890. The van der Waals surface area contributed by atoms with Gasteiger partial charge in [-0.2, -0.15) is 0 Å². The lowest BCUT2D eigenvalue weighted by molar-refractivity contribution is -0.0498. The van der Waals surface area contributed by atoms with Crippen LogP contribution in [-0.4, -0.2) is 39.8 Å². The molecule has 2 unspecified atom stereocenters. The second-order valence-electron chi connectivity index (χ2n) is 8.40.